The van der Waals surface area contributed by atoms with Gasteiger partial charge in [0.1, 0.15) is 0 Å². The maximum Gasteiger partial charge on any atom is 0.416 e. The van der Waals surface area contributed by atoms with E-state index in [0.29, 0.717) is 12.3 Å². The van der Waals surface area contributed by atoms with E-state index in [-0.39, 0.29) is 5.92 Å². The van der Waals surface area contributed by atoms with Gasteiger partial charge in [-0.1, -0.05) is 81.5 Å². The highest BCUT2D eigenvalue weighted by molar-refractivity contribution is 5.72. The van der Waals surface area contributed by atoms with Gasteiger partial charge >= 0.3 is 6.18 Å². The Labute approximate surface area is 171 Å². The van der Waals surface area contributed by atoms with Gasteiger partial charge in [-0.05, 0) is 64.6 Å². The number of hydrogen-bond acceptors (Lipinski definition) is 0. The van der Waals surface area contributed by atoms with Crippen molar-refractivity contribution < 1.29 is 13.2 Å². The molecule has 29 heavy (non-hydrogen) atoms. The molecule has 0 spiro atoms. The number of rotatable bonds is 6. The lowest BCUT2D eigenvalue weighted by Gasteiger charge is -2.11. The second-order valence-corrected chi connectivity index (χ2v) is 7.87. The number of halogens is 3. The third-order valence-corrected chi connectivity index (χ3v) is 5.69. The summed E-state index contributed by atoms with van der Waals surface area (Å²) in [4.78, 5) is 0. The fraction of sp³-hybridized carbons (Fsp3) is 0.308. The van der Waals surface area contributed by atoms with Gasteiger partial charge in [0.15, 0.2) is 0 Å². The van der Waals surface area contributed by atoms with Gasteiger partial charge in [0.2, 0.25) is 0 Å². The van der Waals surface area contributed by atoms with Crippen molar-refractivity contribution in [1.82, 2.24) is 0 Å². The van der Waals surface area contributed by atoms with Gasteiger partial charge in [-0.15, -0.1) is 0 Å². The van der Waals surface area contributed by atoms with E-state index in [0.717, 1.165) is 40.7 Å². The molecule has 0 fully saturated rings. The van der Waals surface area contributed by atoms with Gasteiger partial charge in [0.25, 0.3) is 0 Å². The van der Waals surface area contributed by atoms with Crippen molar-refractivity contribution in [3.8, 4) is 0 Å². The molecule has 3 heteroatoms. The summed E-state index contributed by atoms with van der Waals surface area (Å²) in [6.07, 6.45) is 6.46. The molecule has 0 aliphatic heterocycles. The predicted octanol–water partition coefficient (Wildman–Crippen LogP) is 7.76. The summed E-state index contributed by atoms with van der Waals surface area (Å²) in [6.45, 7) is 8.50. The normalized spacial score (nSPS) is 17.8. The van der Waals surface area contributed by atoms with E-state index in [1.807, 2.05) is 24.3 Å². The highest BCUT2D eigenvalue weighted by Crippen LogP contribution is 2.38. The molecule has 2 aromatic carbocycles. The van der Waals surface area contributed by atoms with E-state index in [9.17, 15) is 13.2 Å². The second kappa shape index (κ2) is 8.86. The molecule has 0 amide bonds. The van der Waals surface area contributed by atoms with E-state index < -0.39 is 11.7 Å². The first-order chi connectivity index (χ1) is 13.8. The highest BCUT2D eigenvalue weighted by Gasteiger charge is 2.32. The molecule has 0 bridgehead atoms. The minimum absolute atomic E-state index is 0.204. The summed E-state index contributed by atoms with van der Waals surface area (Å²) < 4.78 is 39.0. The third-order valence-electron chi connectivity index (χ3n) is 5.69. The largest absolute Gasteiger partial charge is 0.416 e. The fourth-order valence-electron chi connectivity index (χ4n) is 3.68. The van der Waals surface area contributed by atoms with Gasteiger partial charge in [-0.2, -0.15) is 13.2 Å². The van der Waals surface area contributed by atoms with Gasteiger partial charge in [-0.25, -0.2) is 0 Å². The number of alkyl halides is 3. The smallest absolute Gasteiger partial charge is 0.166 e. The maximum atomic E-state index is 13.0. The zero-order chi connectivity index (χ0) is 21.0. The molecule has 0 N–H and O–H groups in total. The Kier molecular flexibility index (Phi) is 6.46. The summed E-state index contributed by atoms with van der Waals surface area (Å²) in [5, 5.41) is 0. The molecule has 0 heterocycles. The van der Waals surface area contributed by atoms with Gasteiger partial charge in [0, 0.05) is 0 Å². The molecule has 0 saturated carbocycles. The summed E-state index contributed by atoms with van der Waals surface area (Å²) in [5.41, 5.74) is 4.39. The van der Waals surface area contributed by atoms with Crippen LogP contribution in [0.4, 0.5) is 13.2 Å². The lowest BCUT2D eigenvalue weighted by Crippen LogP contribution is -2.05. The zero-order valence-corrected chi connectivity index (χ0v) is 17.0. The number of allylic oxidation sites excluding steroid dienone is 5. The fourth-order valence-corrected chi connectivity index (χ4v) is 3.68. The predicted molar refractivity (Wildman–Crippen MR) is 115 cm³/mol. The van der Waals surface area contributed by atoms with Crippen LogP contribution in [0.15, 0.2) is 73.3 Å². The van der Waals surface area contributed by atoms with Crippen molar-refractivity contribution in [2.24, 2.45) is 5.92 Å². The summed E-state index contributed by atoms with van der Waals surface area (Å²) in [5.74, 6) is 0.758. The lowest BCUT2D eigenvalue weighted by molar-refractivity contribution is -0.137. The molecule has 2 unspecified atom stereocenters. The summed E-state index contributed by atoms with van der Waals surface area (Å²) >= 11 is 0. The van der Waals surface area contributed by atoms with Crippen LogP contribution < -0.4 is 0 Å². The average Bonchev–Trinajstić information content (AvgIpc) is 3.13. The van der Waals surface area contributed by atoms with Crippen LogP contribution in [0.5, 0.6) is 0 Å². The van der Waals surface area contributed by atoms with E-state index in [2.05, 4.69) is 44.7 Å². The molecule has 152 valence electrons. The Balaban J connectivity index is 1.72. The average molecular weight is 396 g/mol. The number of benzene rings is 2. The van der Waals surface area contributed by atoms with E-state index in [1.54, 1.807) is 6.07 Å². The molecule has 0 aromatic heterocycles. The van der Waals surface area contributed by atoms with Crippen LogP contribution in [-0.2, 0) is 19.0 Å². The van der Waals surface area contributed by atoms with Crippen molar-refractivity contribution in [2.45, 2.75) is 45.2 Å². The molecular formula is C26H27F3. The van der Waals surface area contributed by atoms with Crippen LogP contribution in [0, 0.1) is 5.92 Å². The molecule has 1 aliphatic carbocycles. The molecular weight excluding hydrogens is 369 g/mol. The van der Waals surface area contributed by atoms with E-state index >= 15 is 0 Å². The zero-order valence-electron chi connectivity index (χ0n) is 17.0. The Morgan fingerprint density at radius 2 is 1.86 bits per heavy atom. The maximum absolute atomic E-state index is 13.0. The first-order valence-corrected chi connectivity index (χ1v) is 10.1. The van der Waals surface area contributed by atoms with Crippen molar-refractivity contribution >= 4 is 5.57 Å². The molecule has 1 aliphatic rings. The highest BCUT2D eigenvalue weighted by atomic mass is 19.4. The molecule has 3 rings (SSSR count). The van der Waals surface area contributed by atoms with Gasteiger partial charge < -0.3 is 0 Å². The lowest BCUT2D eigenvalue weighted by atomic mass is 9.93. The van der Waals surface area contributed by atoms with Crippen molar-refractivity contribution in [3.05, 3.63) is 101 Å². The first-order valence-electron chi connectivity index (χ1n) is 10.1. The molecule has 0 saturated heterocycles. The number of fused-ring (bicyclic) bond motifs is 1. The molecule has 0 nitrogen and oxygen atoms in total. The Morgan fingerprint density at radius 1 is 1.10 bits per heavy atom. The quantitative estimate of drug-likeness (QED) is 0.438. The van der Waals surface area contributed by atoms with E-state index in [1.165, 1.54) is 12.1 Å². The standard InChI is InChI=1S/C26H27F3/c1-4-18(2)8-5-6-9-19(3)20-10-7-11-21(14-20)23-15-22-12-13-25(26(27,28)29)17-24(22)16-23/h5-14,17-18,23H,3-4,15-16H2,1-2H3/b8-5-,9-6-. The Morgan fingerprint density at radius 3 is 2.59 bits per heavy atom. The van der Waals surface area contributed by atoms with Crippen LogP contribution in [-0.4, -0.2) is 0 Å². The first kappa shape index (κ1) is 21.2. The molecule has 2 atom stereocenters. The Bertz CT molecular complexity index is 931. The van der Waals surface area contributed by atoms with Gasteiger partial charge in [-0.3, -0.25) is 0 Å². The summed E-state index contributed by atoms with van der Waals surface area (Å²) in [6, 6.07) is 12.3. The van der Waals surface area contributed by atoms with Crippen molar-refractivity contribution in [3.63, 3.8) is 0 Å². The van der Waals surface area contributed by atoms with Crippen molar-refractivity contribution in [2.75, 3.05) is 0 Å². The minimum Gasteiger partial charge on any atom is -0.166 e. The molecule has 0 radical (unpaired) electrons. The van der Waals surface area contributed by atoms with Crippen molar-refractivity contribution in [1.29, 1.82) is 0 Å². The third kappa shape index (κ3) is 5.29. The number of hydrogen-bond donors (Lipinski definition) is 0. The van der Waals surface area contributed by atoms with E-state index in [4.69, 9.17) is 0 Å². The summed E-state index contributed by atoms with van der Waals surface area (Å²) in [7, 11) is 0. The topological polar surface area (TPSA) is 0 Å². The molecule has 2 aromatic rings. The van der Waals surface area contributed by atoms with Crippen LogP contribution >= 0.6 is 0 Å². The Hall–Kier alpha value is -2.55. The van der Waals surface area contributed by atoms with Crippen LogP contribution in [0.1, 0.15) is 54.0 Å². The van der Waals surface area contributed by atoms with Gasteiger partial charge in [0.05, 0.1) is 5.56 Å². The SMILES string of the molecule is C=C(/C=C\C=C/C(C)CC)c1cccc(C2Cc3ccc(C(F)(F)F)cc3C2)c1. The second-order valence-electron chi connectivity index (χ2n) is 7.87. The van der Waals surface area contributed by atoms with Crippen LogP contribution in [0.2, 0.25) is 0 Å². The minimum atomic E-state index is -4.29. The van der Waals surface area contributed by atoms with Crippen LogP contribution in [0.3, 0.4) is 0 Å². The van der Waals surface area contributed by atoms with Crippen LogP contribution in [0.25, 0.3) is 5.57 Å². The monoisotopic (exact) mass is 396 g/mol.